The lowest BCUT2D eigenvalue weighted by Gasteiger charge is -2.16. The van der Waals surface area contributed by atoms with Gasteiger partial charge < -0.3 is 15.4 Å². The number of nitrogens with zero attached hydrogens (tertiary/aromatic N) is 3. The van der Waals surface area contributed by atoms with Gasteiger partial charge in [-0.2, -0.15) is 5.21 Å². The monoisotopic (exact) mass is 502 g/mol. The number of carbonyl (C=O) groups is 1. The summed E-state index contributed by atoms with van der Waals surface area (Å²) in [4.78, 5) is 13.1. The molecule has 0 radical (unpaired) electrons. The van der Waals surface area contributed by atoms with Crippen molar-refractivity contribution in [3.8, 4) is 28.3 Å². The molecule has 0 fully saturated rings. The number of H-pyrrole nitrogens is 1. The van der Waals surface area contributed by atoms with Crippen molar-refractivity contribution in [2.24, 2.45) is 0 Å². The van der Waals surface area contributed by atoms with Crippen LogP contribution in [0.15, 0.2) is 91.0 Å². The zero-order valence-electron chi connectivity index (χ0n) is 21.0. The largest absolute Gasteiger partial charge is 0.487 e. The van der Waals surface area contributed by atoms with Crippen LogP contribution in [-0.4, -0.2) is 32.8 Å². The van der Waals surface area contributed by atoms with Gasteiger partial charge in [0.1, 0.15) is 11.9 Å². The summed E-state index contributed by atoms with van der Waals surface area (Å²) in [5, 5.41) is 20.6. The summed E-state index contributed by atoms with van der Waals surface area (Å²) in [6, 6.07) is 29.6. The highest BCUT2D eigenvalue weighted by Crippen LogP contribution is 2.49. The zero-order chi connectivity index (χ0) is 26.1. The lowest BCUT2D eigenvalue weighted by Crippen LogP contribution is -2.20. The van der Waals surface area contributed by atoms with Gasteiger partial charge in [-0.25, -0.2) is 4.79 Å². The average Bonchev–Trinajstić information content (AvgIpc) is 3.58. The summed E-state index contributed by atoms with van der Waals surface area (Å²) in [6.45, 7) is 4.06. The van der Waals surface area contributed by atoms with Crippen molar-refractivity contribution in [1.29, 1.82) is 0 Å². The number of fused-ring (bicyclic) bond motifs is 1. The van der Waals surface area contributed by atoms with E-state index in [0.717, 1.165) is 33.4 Å². The minimum atomic E-state index is -0.348. The van der Waals surface area contributed by atoms with E-state index in [-0.39, 0.29) is 18.1 Å². The Hall–Kier alpha value is -4.98. The normalized spacial score (nSPS) is 15.9. The number of rotatable bonds is 5. The number of ether oxygens (including phenoxy) is 1. The summed E-state index contributed by atoms with van der Waals surface area (Å²) in [7, 11) is 0. The summed E-state index contributed by atoms with van der Waals surface area (Å²) in [5.41, 5.74) is 7.25. The first-order chi connectivity index (χ1) is 18.6. The fraction of sp³-hybridized carbons (Fsp3) is 0.133. The van der Waals surface area contributed by atoms with Crippen molar-refractivity contribution in [2.45, 2.75) is 25.9 Å². The maximum absolute atomic E-state index is 13.1. The van der Waals surface area contributed by atoms with E-state index >= 15 is 0 Å². The van der Waals surface area contributed by atoms with Gasteiger partial charge in [0.2, 0.25) is 5.82 Å². The highest BCUT2D eigenvalue weighted by molar-refractivity contribution is 6.02. The molecule has 0 saturated carbocycles. The third kappa shape index (κ3) is 4.48. The Morgan fingerprint density at radius 3 is 2.37 bits per heavy atom. The predicted molar refractivity (Wildman–Crippen MR) is 147 cm³/mol. The van der Waals surface area contributed by atoms with Gasteiger partial charge in [0, 0.05) is 22.7 Å². The average molecular weight is 503 g/mol. The van der Waals surface area contributed by atoms with Crippen LogP contribution in [0.5, 0.6) is 5.75 Å². The molecule has 4 aromatic carbocycles. The van der Waals surface area contributed by atoms with Crippen LogP contribution in [0.4, 0.5) is 16.2 Å². The zero-order valence-corrected chi connectivity index (χ0v) is 21.0. The number of aromatic amines is 1. The number of carbonyl (C=O) groups excluding carboxylic acids is 1. The van der Waals surface area contributed by atoms with Crippen molar-refractivity contribution in [3.63, 3.8) is 0 Å². The van der Waals surface area contributed by atoms with Crippen LogP contribution < -0.4 is 15.4 Å². The minimum Gasteiger partial charge on any atom is -0.487 e. The van der Waals surface area contributed by atoms with Gasteiger partial charge in [-0.05, 0) is 60.0 Å². The molecule has 1 aliphatic heterocycles. The molecule has 2 heterocycles. The van der Waals surface area contributed by atoms with E-state index in [4.69, 9.17) is 4.74 Å². The lowest BCUT2D eigenvalue weighted by molar-refractivity contribution is 0.239. The van der Waals surface area contributed by atoms with Crippen LogP contribution in [0.3, 0.4) is 0 Å². The van der Waals surface area contributed by atoms with Crippen molar-refractivity contribution >= 4 is 17.4 Å². The number of hydrogen-bond acceptors (Lipinski definition) is 5. The van der Waals surface area contributed by atoms with Crippen molar-refractivity contribution < 1.29 is 9.53 Å². The Morgan fingerprint density at radius 1 is 0.895 bits per heavy atom. The molecule has 0 unspecified atom stereocenters. The van der Waals surface area contributed by atoms with Gasteiger partial charge in [0.15, 0.2) is 0 Å². The molecule has 0 aliphatic carbocycles. The number of anilines is 2. The molecule has 38 heavy (non-hydrogen) atoms. The second-order valence-electron chi connectivity index (χ2n) is 9.38. The van der Waals surface area contributed by atoms with E-state index < -0.39 is 0 Å². The smallest absolute Gasteiger partial charge is 0.323 e. The fourth-order valence-corrected chi connectivity index (χ4v) is 5.01. The van der Waals surface area contributed by atoms with E-state index in [1.165, 1.54) is 0 Å². The molecule has 0 bridgehead atoms. The Kier molecular flexibility index (Phi) is 6.05. The first-order valence-corrected chi connectivity index (χ1v) is 12.4. The Balaban J connectivity index is 1.45. The van der Waals surface area contributed by atoms with Crippen molar-refractivity contribution in [3.05, 3.63) is 108 Å². The van der Waals surface area contributed by atoms with E-state index in [0.29, 0.717) is 22.9 Å². The van der Waals surface area contributed by atoms with Crippen LogP contribution in [0, 0.1) is 6.92 Å². The molecule has 5 aromatic rings. The van der Waals surface area contributed by atoms with Gasteiger partial charge >= 0.3 is 6.03 Å². The Labute approximate surface area is 220 Å². The third-order valence-corrected chi connectivity index (χ3v) is 6.77. The number of tetrazole rings is 1. The van der Waals surface area contributed by atoms with Crippen LogP contribution in [0.2, 0.25) is 0 Å². The molecule has 1 aliphatic rings. The van der Waals surface area contributed by atoms with Crippen LogP contribution >= 0.6 is 0 Å². The van der Waals surface area contributed by atoms with E-state index in [1.54, 1.807) is 0 Å². The number of urea groups is 1. The minimum absolute atomic E-state index is 0.00389. The highest BCUT2D eigenvalue weighted by atomic mass is 16.5. The molecular formula is C30H26N6O2. The van der Waals surface area contributed by atoms with Crippen LogP contribution in [-0.2, 0) is 0 Å². The summed E-state index contributed by atoms with van der Waals surface area (Å²) in [5.74, 6) is 1.17. The first-order valence-electron chi connectivity index (χ1n) is 12.4. The Morgan fingerprint density at radius 2 is 1.63 bits per heavy atom. The molecule has 6 rings (SSSR count). The molecule has 3 N–H and O–H groups in total. The maximum Gasteiger partial charge on any atom is 0.323 e. The molecule has 1 aromatic heterocycles. The Bertz CT molecular complexity index is 1580. The molecule has 2 amide bonds. The van der Waals surface area contributed by atoms with E-state index in [2.05, 4.69) is 56.4 Å². The van der Waals surface area contributed by atoms with E-state index in [9.17, 15) is 4.79 Å². The number of aryl methyl sites for hydroxylation is 1. The van der Waals surface area contributed by atoms with Crippen molar-refractivity contribution in [2.75, 3.05) is 10.6 Å². The molecule has 8 nitrogen and oxygen atoms in total. The van der Waals surface area contributed by atoms with Crippen molar-refractivity contribution in [1.82, 2.24) is 20.6 Å². The van der Waals surface area contributed by atoms with Gasteiger partial charge in [-0.3, -0.25) is 0 Å². The van der Waals surface area contributed by atoms with Gasteiger partial charge in [-0.15, -0.1) is 10.2 Å². The molecule has 0 saturated heterocycles. The molecular weight excluding hydrogens is 476 g/mol. The summed E-state index contributed by atoms with van der Waals surface area (Å²) >= 11 is 0. The van der Waals surface area contributed by atoms with Gasteiger partial charge in [0.05, 0.1) is 5.69 Å². The van der Waals surface area contributed by atoms with Crippen LogP contribution in [0.25, 0.3) is 22.5 Å². The second kappa shape index (κ2) is 9.82. The van der Waals surface area contributed by atoms with Gasteiger partial charge in [-0.1, -0.05) is 72.3 Å². The molecule has 2 atom stereocenters. The summed E-state index contributed by atoms with van der Waals surface area (Å²) in [6.07, 6.45) is -0.115. The first kappa shape index (κ1) is 23.4. The second-order valence-corrected chi connectivity index (χ2v) is 9.38. The van der Waals surface area contributed by atoms with Crippen LogP contribution in [0.1, 0.15) is 29.5 Å². The SMILES string of the molecule is Cc1ccc(NC(=O)Nc2cc(-c3ccccc3-c3nn[nH]n3)cc3c2O[C@H](C)[C@@H]3c2ccccc2)cc1. The van der Waals surface area contributed by atoms with E-state index in [1.807, 2.05) is 79.7 Å². The molecule has 188 valence electrons. The quantitative estimate of drug-likeness (QED) is 0.258. The predicted octanol–water partition coefficient (Wildman–Crippen LogP) is 6.40. The topological polar surface area (TPSA) is 105 Å². The number of hydrogen-bond donors (Lipinski definition) is 3. The third-order valence-electron chi connectivity index (χ3n) is 6.77. The standard InChI is InChI=1S/C30H26N6O2/c1-18-12-14-22(15-13-18)31-30(37)32-26-17-21(23-10-6-7-11-24(23)29-33-35-36-34-29)16-25-27(19(2)38-28(25)26)20-8-4-3-5-9-20/h3-17,19,27H,1-2H3,(H2,31,32,37)(H,33,34,35,36)/t19-,27-/m1/s1. The molecule has 8 heteroatoms. The maximum atomic E-state index is 13.1. The number of amides is 2. The van der Waals surface area contributed by atoms with Gasteiger partial charge in [0.25, 0.3) is 0 Å². The highest BCUT2D eigenvalue weighted by Gasteiger charge is 2.35. The molecule has 0 spiro atoms. The number of nitrogens with one attached hydrogen (secondary N) is 3. The number of benzene rings is 4. The summed E-state index contributed by atoms with van der Waals surface area (Å²) < 4.78 is 6.38. The number of aromatic nitrogens is 4. The lowest BCUT2D eigenvalue weighted by atomic mass is 9.86. The fourth-order valence-electron chi connectivity index (χ4n) is 5.01.